The minimum absolute atomic E-state index is 0.194. The van der Waals surface area contributed by atoms with Crippen LogP contribution in [0.15, 0.2) is 47.6 Å². The van der Waals surface area contributed by atoms with E-state index in [1.165, 1.54) is 5.56 Å². The standard InChI is InChI=1S/C20H28ClN5O/c1-22-20(23-11-10-15-8-9-19(21)24-13-15)25-14-18(26(2)3)16-6-5-7-17(12-16)27-4/h5-9,12-13,18H,10-11,14H2,1-4H3,(H2,22,23,25). The van der Waals surface area contributed by atoms with E-state index < -0.39 is 0 Å². The lowest BCUT2D eigenvalue weighted by molar-refractivity contribution is 0.297. The van der Waals surface area contributed by atoms with Crippen molar-refractivity contribution >= 4 is 17.6 Å². The summed E-state index contributed by atoms with van der Waals surface area (Å²) in [5, 5.41) is 7.25. The quantitative estimate of drug-likeness (QED) is 0.413. The SMILES string of the molecule is CN=C(NCCc1ccc(Cl)nc1)NCC(c1cccc(OC)c1)N(C)C. The van der Waals surface area contributed by atoms with Gasteiger partial charge in [0.25, 0.3) is 0 Å². The first-order valence-electron chi connectivity index (χ1n) is 8.88. The second-order valence-corrected chi connectivity index (χ2v) is 6.76. The Kier molecular flexibility index (Phi) is 8.36. The highest BCUT2D eigenvalue weighted by molar-refractivity contribution is 6.29. The molecule has 0 aliphatic carbocycles. The van der Waals surface area contributed by atoms with Crippen molar-refractivity contribution in [2.75, 3.05) is 41.3 Å². The average Bonchev–Trinajstić information content (AvgIpc) is 2.68. The molecule has 1 aromatic carbocycles. The van der Waals surface area contributed by atoms with Gasteiger partial charge in [-0.2, -0.15) is 0 Å². The summed E-state index contributed by atoms with van der Waals surface area (Å²) < 4.78 is 5.35. The van der Waals surface area contributed by atoms with Crippen LogP contribution < -0.4 is 15.4 Å². The van der Waals surface area contributed by atoms with Crippen molar-refractivity contribution in [3.05, 3.63) is 58.9 Å². The first-order chi connectivity index (χ1) is 13.0. The van der Waals surface area contributed by atoms with Crippen molar-refractivity contribution < 1.29 is 4.74 Å². The predicted octanol–water partition coefficient (Wildman–Crippen LogP) is 2.75. The molecule has 0 aliphatic heterocycles. The van der Waals surface area contributed by atoms with Gasteiger partial charge in [0.15, 0.2) is 5.96 Å². The zero-order valence-electron chi connectivity index (χ0n) is 16.4. The maximum atomic E-state index is 5.82. The number of aliphatic imine (C=N–C) groups is 1. The minimum atomic E-state index is 0.194. The topological polar surface area (TPSA) is 61.8 Å². The summed E-state index contributed by atoms with van der Waals surface area (Å²) in [5.74, 6) is 1.63. The number of benzene rings is 1. The summed E-state index contributed by atoms with van der Waals surface area (Å²) in [5.41, 5.74) is 2.32. The van der Waals surface area contributed by atoms with E-state index in [0.29, 0.717) is 5.15 Å². The van der Waals surface area contributed by atoms with Gasteiger partial charge in [-0.3, -0.25) is 4.99 Å². The number of halogens is 1. The molecule has 1 aromatic heterocycles. The molecule has 146 valence electrons. The molecule has 7 heteroatoms. The van der Waals surface area contributed by atoms with Crippen molar-refractivity contribution in [2.24, 2.45) is 4.99 Å². The van der Waals surface area contributed by atoms with Gasteiger partial charge in [0.2, 0.25) is 0 Å². The van der Waals surface area contributed by atoms with Gasteiger partial charge in [-0.1, -0.05) is 29.8 Å². The molecule has 0 radical (unpaired) electrons. The van der Waals surface area contributed by atoms with E-state index in [1.54, 1.807) is 26.4 Å². The molecule has 0 saturated carbocycles. The molecule has 2 N–H and O–H groups in total. The lowest BCUT2D eigenvalue weighted by atomic mass is 10.1. The summed E-state index contributed by atoms with van der Waals surface area (Å²) in [7, 11) is 7.59. The maximum Gasteiger partial charge on any atom is 0.191 e. The van der Waals surface area contributed by atoms with Crippen molar-refractivity contribution in [3.8, 4) is 5.75 Å². The molecular formula is C20H28ClN5O. The summed E-state index contributed by atoms with van der Waals surface area (Å²) in [6.45, 7) is 1.48. The number of likely N-dealkylation sites (N-methyl/N-ethyl adjacent to an activating group) is 1. The fraction of sp³-hybridized carbons (Fsp3) is 0.400. The Bertz CT molecular complexity index is 733. The van der Waals surface area contributed by atoms with Crippen LogP contribution in [-0.2, 0) is 6.42 Å². The molecule has 0 saturated heterocycles. The molecule has 1 atom stereocenters. The molecular weight excluding hydrogens is 362 g/mol. The first-order valence-corrected chi connectivity index (χ1v) is 9.26. The third-order valence-corrected chi connectivity index (χ3v) is 4.51. The first kappa shape index (κ1) is 21.0. The molecule has 2 rings (SSSR count). The van der Waals surface area contributed by atoms with Gasteiger partial charge in [0, 0.05) is 26.3 Å². The number of hydrogen-bond acceptors (Lipinski definition) is 4. The monoisotopic (exact) mass is 389 g/mol. The number of rotatable bonds is 8. The van der Waals surface area contributed by atoms with Crippen LogP contribution in [0.3, 0.4) is 0 Å². The average molecular weight is 390 g/mol. The van der Waals surface area contributed by atoms with Gasteiger partial charge < -0.3 is 20.3 Å². The lowest BCUT2D eigenvalue weighted by Gasteiger charge is -2.26. The van der Waals surface area contributed by atoms with Crippen molar-refractivity contribution in [1.82, 2.24) is 20.5 Å². The lowest BCUT2D eigenvalue weighted by Crippen LogP contribution is -2.42. The molecule has 6 nitrogen and oxygen atoms in total. The second-order valence-electron chi connectivity index (χ2n) is 6.38. The molecule has 1 unspecified atom stereocenters. The van der Waals surface area contributed by atoms with Crippen LogP contribution >= 0.6 is 11.6 Å². The Hall–Kier alpha value is -2.31. The number of aromatic nitrogens is 1. The Morgan fingerprint density at radius 3 is 2.70 bits per heavy atom. The van der Waals surface area contributed by atoms with Crippen LogP contribution in [0.25, 0.3) is 0 Å². The van der Waals surface area contributed by atoms with Gasteiger partial charge in [-0.25, -0.2) is 4.98 Å². The van der Waals surface area contributed by atoms with Crippen LogP contribution in [0.4, 0.5) is 0 Å². The third kappa shape index (κ3) is 6.73. The summed E-state index contributed by atoms with van der Waals surface area (Å²) in [6.07, 6.45) is 2.64. The summed E-state index contributed by atoms with van der Waals surface area (Å²) in [4.78, 5) is 10.6. The molecule has 0 aliphatic rings. The Morgan fingerprint density at radius 1 is 1.26 bits per heavy atom. The Labute approximate surface area is 166 Å². The van der Waals surface area contributed by atoms with Gasteiger partial charge >= 0.3 is 0 Å². The zero-order chi connectivity index (χ0) is 19.6. The number of guanidine groups is 1. The van der Waals surface area contributed by atoms with E-state index in [0.717, 1.165) is 36.8 Å². The highest BCUT2D eigenvalue weighted by Gasteiger charge is 2.15. The maximum absolute atomic E-state index is 5.82. The molecule has 27 heavy (non-hydrogen) atoms. The van der Waals surface area contributed by atoms with Crippen LogP contribution in [0.5, 0.6) is 5.75 Å². The molecule has 1 heterocycles. The van der Waals surface area contributed by atoms with Crippen molar-refractivity contribution in [3.63, 3.8) is 0 Å². The molecule has 0 spiro atoms. The normalized spacial score (nSPS) is 12.7. The van der Waals surface area contributed by atoms with E-state index in [2.05, 4.69) is 51.7 Å². The predicted molar refractivity (Wildman–Crippen MR) is 112 cm³/mol. The number of hydrogen-bond donors (Lipinski definition) is 2. The van der Waals surface area contributed by atoms with Crippen LogP contribution in [0.1, 0.15) is 17.2 Å². The van der Waals surface area contributed by atoms with Crippen molar-refractivity contribution in [2.45, 2.75) is 12.5 Å². The van der Waals surface area contributed by atoms with Gasteiger partial charge in [0.05, 0.1) is 13.2 Å². The third-order valence-electron chi connectivity index (χ3n) is 4.28. The largest absolute Gasteiger partial charge is 0.497 e. The molecule has 2 aromatic rings. The Morgan fingerprint density at radius 2 is 2.07 bits per heavy atom. The highest BCUT2D eigenvalue weighted by Crippen LogP contribution is 2.22. The number of ether oxygens (including phenoxy) is 1. The highest BCUT2D eigenvalue weighted by atomic mass is 35.5. The fourth-order valence-corrected chi connectivity index (χ4v) is 2.85. The number of nitrogens with one attached hydrogen (secondary N) is 2. The summed E-state index contributed by atoms with van der Waals surface area (Å²) >= 11 is 5.82. The number of methoxy groups -OCH3 is 1. The van der Waals surface area contributed by atoms with Crippen molar-refractivity contribution in [1.29, 1.82) is 0 Å². The van der Waals surface area contributed by atoms with Crippen LogP contribution in [0, 0.1) is 0 Å². The van der Waals surface area contributed by atoms with E-state index in [-0.39, 0.29) is 6.04 Å². The van der Waals surface area contributed by atoms with E-state index in [9.17, 15) is 0 Å². The summed E-state index contributed by atoms with van der Waals surface area (Å²) in [6, 6.07) is 12.1. The minimum Gasteiger partial charge on any atom is -0.497 e. The van der Waals surface area contributed by atoms with Gasteiger partial charge in [-0.15, -0.1) is 0 Å². The zero-order valence-corrected chi connectivity index (χ0v) is 17.1. The fourth-order valence-electron chi connectivity index (χ4n) is 2.74. The second kappa shape index (κ2) is 10.7. The smallest absolute Gasteiger partial charge is 0.191 e. The van der Waals surface area contributed by atoms with Crippen LogP contribution in [0.2, 0.25) is 5.15 Å². The van der Waals surface area contributed by atoms with Gasteiger partial charge in [0.1, 0.15) is 10.9 Å². The van der Waals surface area contributed by atoms with Gasteiger partial charge in [-0.05, 0) is 49.8 Å². The number of nitrogens with zero attached hydrogens (tertiary/aromatic N) is 3. The molecule has 0 fully saturated rings. The van der Waals surface area contributed by atoms with E-state index in [1.807, 2.05) is 18.2 Å². The number of pyridine rings is 1. The molecule has 0 bridgehead atoms. The van der Waals surface area contributed by atoms with E-state index in [4.69, 9.17) is 16.3 Å². The molecule has 0 amide bonds. The Balaban J connectivity index is 1.89. The van der Waals surface area contributed by atoms with Crippen LogP contribution in [-0.4, -0.2) is 57.2 Å². The van der Waals surface area contributed by atoms with E-state index >= 15 is 0 Å².